The van der Waals surface area contributed by atoms with Gasteiger partial charge in [-0.05, 0) is 55.5 Å². The number of amides is 2. The zero-order valence-electron chi connectivity index (χ0n) is 17.1. The van der Waals surface area contributed by atoms with Crippen molar-refractivity contribution in [2.45, 2.75) is 37.8 Å². The smallest absolute Gasteiger partial charge is 0.318 e. The van der Waals surface area contributed by atoms with Crippen molar-refractivity contribution >= 4 is 11.8 Å². The molecule has 2 saturated heterocycles. The number of piperidine rings is 1. The minimum absolute atomic E-state index is 0.0451. The van der Waals surface area contributed by atoms with Crippen LogP contribution in [0.1, 0.15) is 37.3 Å². The first-order valence-electron chi connectivity index (χ1n) is 10.9. The molecule has 2 amide bonds. The number of aromatic nitrogens is 1. The summed E-state index contributed by atoms with van der Waals surface area (Å²) < 4.78 is 11.4. The summed E-state index contributed by atoms with van der Waals surface area (Å²) in [5.41, 5.74) is 1.12. The number of nitrogens with zero attached hydrogens (tertiary/aromatic N) is 3. The maximum absolute atomic E-state index is 13.1. The van der Waals surface area contributed by atoms with Crippen molar-refractivity contribution in [3.8, 4) is 11.5 Å². The molecule has 1 aromatic carbocycles. The standard InChI is InChI=1S/C23H28N4O3/c28-23(25-18-8-12-26(13-9-18)22-5-1-2-10-24-22)27-11-3-4-19(27)17-6-7-20-21(16-17)30-15-14-29-20/h1-2,5-7,10,16,18-19H,3-4,8-9,11-15H2,(H,25,28). The number of rotatable bonds is 3. The fourth-order valence-corrected chi connectivity index (χ4v) is 4.67. The minimum atomic E-state index is 0.0451. The van der Waals surface area contributed by atoms with Crippen LogP contribution < -0.4 is 19.7 Å². The lowest BCUT2D eigenvalue weighted by molar-refractivity contribution is 0.170. The molecular formula is C23H28N4O3. The molecule has 1 atom stereocenters. The van der Waals surface area contributed by atoms with Gasteiger partial charge in [0, 0.05) is 31.9 Å². The molecule has 3 aliphatic heterocycles. The van der Waals surface area contributed by atoms with E-state index in [1.807, 2.05) is 41.4 Å². The van der Waals surface area contributed by atoms with Crippen LogP contribution in [0.4, 0.5) is 10.6 Å². The molecule has 158 valence electrons. The Kier molecular flexibility index (Phi) is 5.34. The zero-order chi connectivity index (χ0) is 20.3. The van der Waals surface area contributed by atoms with Crippen LogP contribution in [0.25, 0.3) is 0 Å². The maximum Gasteiger partial charge on any atom is 0.318 e. The lowest BCUT2D eigenvalue weighted by Crippen LogP contribution is -2.49. The summed E-state index contributed by atoms with van der Waals surface area (Å²) in [4.78, 5) is 21.8. The number of hydrogen-bond acceptors (Lipinski definition) is 5. The SMILES string of the molecule is O=C(NC1CCN(c2ccccn2)CC1)N1CCCC1c1ccc2c(c1)OCCO2. The number of hydrogen-bond donors (Lipinski definition) is 1. The van der Waals surface area contributed by atoms with Crippen molar-refractivity contribution in [3.63, 3.8) is 0 Å². The highest BCUT2D eigenvalue weighted by Gasteiger charge is 2.32. The van der Waals surface area contributed by atoms with Crippen molar-refractivity contribution in [3.05, 3.63) is 48.2 Å². The number of ether oxygens (including phenoxy) is 2. The van der Waals surface area contributed by atoms with Crippen LogP contribution in [0.15, 0.2) is 42.6 Å². The normalized spacial score (nSPS) is 21.5. The van der Waals surface area contributed by atoms with Gasteiger partial charge in [0.25, 0.3) is 0 Å². The molecule has 4 heterocycles. The predicted molar refractivity (Wildman–Crippen MR) is 114 cm³/mol. The summed E-state index contributed by atoms with van der Waals surface area (Å²) in [6.45, 7) is 3.77. The van der Waals surface area contributed by atoms with E-state index in [-0.39, 0.29) is 18.1 Å². The third-order valence-corrected chi connectivity index (χ3v) is 6.26. The topological polar surface area (TPSA) is 66.9 Å². The molecule has 1 unspecified atom stereocenters. The number of benzene rings is 1. The molecule has 1 aromatic heterocycles. The van der Waals surface area contributed by atoms with Gasteiger partial charge in [-0.2, -0.15) is 0 Å². The van der Waals surface area contributed by atoms with Gasteiger partial charge in [0.15, 0.2) is 11.5 Å². The van der Waals surface area contributed by atoms with Crippen LogP contribution in [0.5, 0.6) is 11.5 Å². The molecule has 5 rings (SSSR count). The molecule has 0 spiro atoms. The molecular weight excluding hydrogens is 380 g/mol. The van der Waals surface area contributed by atoms with E-state index in [1.54, 1.807) is 0 Å². The zero-order valence-corrected chi connectivity index (χ0v) is 17.1. The van der Waals surface area contributed by atoms with Gasteiger partial charge in [-0.1, -0.05) is 12.1 Å². The Balaban J connectivity index is 1.20. The summed E-state index contributed by atoms with van der Waals surface area (Å²) in [6, 6.07) is 12.4. The van der Waals surface area contributed by atoms with Crippen LogP contribution in [-0.2, 0) is 0 Å². The summed E-state index contributed by atoms with van der Waals surface area (Å²) in [6.07, 6.45) is 5.69. The van der Waals surface area contributed by atoms with Gasteiger partial charge in [0.05, 0.1) is 6.04 Å². The number of likely N-dealkylation sites (tertiary alicyclic amines) is 1. The summed E-state index contributed by atoms with van der Waals surface area (Å²) >= 11 is 0. The Morgan fingerprint density at radius 3 is 2.63 bits per heavy atom. The second kappa shape index (κ2) is 8.42. The number of carbonyl (C=O) groups excluding carboxylic acids is 1. The Bertz CT molecular complexity index is 883. The second-order valence-corrected chi connectivity index (χ2v) is 8.15. The molecule has 0 saturated carbocycles. The van der Waals surface area contributed by atoms with E-state index in [1.165, 1.54) is 0 Å². The first-order chi connectivity index (χ1) is 14.8. The number of fused-ring (bicyclic) bond motifs is 1. The highest BCUT2D eigenvalue weighted by molar-refractivity contribution is 5.75. The average molecular weight is 409 g/mol. The van der Waals surface area contributed by atoms with Crippen molar-refractivity contribution < 1.29 is 14.3 Å². The molecule has 7 nitrogen and oxygen atoms in total. The lowest BCUT2D eigenvalue weighted by atomic mass is 10.0. The van der Waals surface area contributed by atoms with Gasteiger partial charge in [0.1, 0.15) is 19.0 Å². The van der Waals surface area contributed by atoms with Crippen LogP contribution in [0, 0.1) is 0 Å². The Morgan fingerprint density at radius 2 is 1.83 bits per heavy atom. The van der Waals surface area contributed by atoms with Crippen LogP contribution in [0.2, 0.25) is 0 Å². The van der Waals surface area contributed by atoms with Crippen LogP contribution in [0.3, 0.4) is 0 Å². The number of pyridine rings is 1. The van der Waals surface area contributed by atoms with E-state index in [2.05, 4.69) is 21.3 Å². The molecule has 1 N–H and O–H groups in total. The van der Waals surface area contributed by atoms with Gasteiger partial charge >= 0.3 is 6.03 Å². The number of anilines is 1. The van der Waals surface area contributed by atoms with E-state index in [4.69, 9.17) is 9.47 Å². The number of nitrogens with one attached hydrogen (secondary N) is 1. The largest absolute Gasteiger partial charge is 0.486 e. The first-order valence-corrected chi connectivity index (χ1v) is 10.9. The van der Waals surface area contributed by atoms with Crippen molar-refractivity contribution in [2.24, 2.45) is 0 Å². The number of carbonyl (C=O) groups is 1. The van der Waals surface area contributed by atoms with Gasteiger partial charge in [-0.15, -0.1) is 0 Å². The lowest BCUT2D eigenvalue weighted by Gasteiger charge is -2.35. The van der Waals surface area contributed by atoms with Crippen molar-refractivity contribution in [1.82, 2.24) is 15.2 Å². The van der Waals surface area contributed by atoms with Gasteiger partial charge in [0.2, 0.25) is 0 Å². The van der Waals surface area contributed by atoms with Gasteiger partial charge < -0.3 is 24.6 Å². The predicted octanol–water partition coefficient (Wildman–Crippen LogP) is 3.37. The molecule has 3 aliphatic rings. The quantitative estimate of drug-likeness (QED) is 0.844. The third-order valence-electron chi connectivity index (χ3n) is 6.26. The van der Waals surface area contributed by atoms with Gasteiger partial charge in [-0.3, -0.25) is 0 Å². The van der Waals surface area contributed by atoms with E-state index < -0.39 is 0 Å². The molecule has 2 aromatic rings. The van der Waals surface area contributed by atoms with Crippen LogP contribution in [-0.4, -0.2) is 54.8 Å². The van der Waals surface area contributed by atoms with E-state index in [0.717, 1.165) is 68.2 Å². The fraction of sp³-hybridized carbons (Fsp3) is 0.478. The fourth-order valence-electron chi connectivity index (χ4n) is 4.67. The average Bonchev–Trinajstić information content (AvgIpc) is 3.30. The first kappa shape index (κ1) is 19.0. The summed E-state index contributed by atoms with van der Waals surface area (Å²) in [5, 5.41) is 3.28. The van der Waals surface area contributed by atoms with Gasteiger partial charge in [-0.25, -0.2) is 9.78 Å². The van der Waals surface area contributed by atoms with Crippen molar-refractivity contribution in [1.29, 1.82) is 0 Å². The van der Waals surface area contributed by atoms with Crippen LogP contribution >= 0.6 is 0 Å². The molecule has 7 heteroatoms. The highest BCUT2D eigenvalue weighted by Crippen LogP contribution is 2.38. The minimum Gasteiger partial charge on any atom is -0.486 e. The number of urea groups is 1. The Hall–Kier alpha value is -2.96. The molecule has 2 fully saturated rings. The van der Waals surface area contributed by atoms with E-state index in [9.17, 15) is 4.79 Å². The monoisotopic (exact) mass is 408 g/mol. The van der Waals surface area contributed by atoms with E-state index in [0.29, 0.717) is 13.2 Å². The van der Waals surface area contributed by atoms with E-state index >= 15 is 0 Å². The molecule has 0 radical (unpaired) electrons. The summed E-state index contributed by atoms with van der Waals surface area (Å²) in [5.74, 6) is 2.59. The second-order valence-electron chi connectivity index (χ2n) is 8.15. The summed E-state index contributed by atoms with van der Waals surface area (Å²) in [7, 11) is 0. The highest BCUT2D eigenvalue weighted by atomic mass is 16.6. The molecule has 0 bridgehead atoms. The molecule has 30 heavy (non-hydrogen) atoms. The Labute approximate surface area is 177 Å². The third kappa shape index (κ3) is 3.88. The van der Waals surface area contributed by atoms with Crippen molar-refractivity contribution in [2.75, 3.05) is 37.7 Å². The molecule has 0 aliphatic carbocycles. The Morgan fingerprint density at radius 1 is 1.00 bits per heavy atom. The maximum atomic E-state index is 13.1.